The van der Waals surface area contributed by atoms with E-state index in [1.165, 1.54) is 25.7 Å². The number of fused-ring (bicyclic) bond motifs is 1. The highest BCUT2D eigenvalue weighted by Gasteiger charge is 2.16. The number of nitrogens with one attached hydrogen (secondary N) is 1. The number of rotatable bonds is 6. The smallest absolute Gasteiger partial charge is 0.251 e. The molecule has 3 rings (SSSR count). The van der Waals surface area contributed by atoms with Gasteiger partial charge in [-0.3, -0.25) is 4.79 Å². The van der Waals surface area contributed by atoms with Crippen molar-refractivity contribution in [2.75, 3.05) is 26.4 Å². The van der Waals surface area contributed by atoms with Crippen LogP contribution in [-0.2, 0) is 4.74 Å². The summed E-state index contributed by atoms with van der Waals surface area (Å²) in [5.41, 5.74) is 0.598. The Morgan fingerprint density at radius 2 is 1.95 bits per heavy atom. The van der Waals surface area contributed by atoms with Crippen LogP contribution in [0.4, 0.5) is 0 Å². The molecule has 1 aliphatic carbocycles. The van der Waals surface area contributed by atoms with Crippen molar-refractivity contribution in [3.05, 3.63) is 23.8 Å². The SMILES string of the molecule is O=C(NCCCOC1CCCC1)c1ccc2c(c1)OCCO2. The highest BCUT2D eigenvalue weighted by molar-refractivity contribution is 5.94. The summed E-state index contributed by atoms with van der Waals surface area (Å²) < 4.78 is 16.7. The van der Waals surface area contributed by atoms with Crippen LogP contribution in [0.5, 0.6) is 11.5 Å². The number of amides is 1. The van der Waals surface area contributed by atoms with E-state index < -0.39 is 0 Å². The van der Waals surface area contributed by atoms with Gasteiger partial charge in [-0.2, -0.15) is 0 Å². The molecule has 2 aliphatic rings. The maximum atomic E-state index is 12.1. The Morgan fingerprint density at radius 3 is 2.77 bits per heavy atom. The summed E-state index contributed by atoms with van der Waals surface area (Å²) in [5.74, 6) is 1.26. The van der Waals surface area contributed by atoms with Gasteiger partial charge in [0.25, 0.3) is 5.91 Å². The number of carbonyl (C=O) groups is 1. The first-order valence-corrected chi connectivity index (χ1v) is 8.12. The molecule has 1 aromatic rings. The van der Waals surface area contributed by atoms with Crippen LogP contribution in [-0.4, -0.2) is 38.4 Å². The van der Waals surface area contributed by atoms with Crippen molar-refractivity contribution >= 4 is 5.91 Å². The lowest BCUT2D eigenvalue weighted by Gasteiger charge is -2.18. The molecule has 1 saturated carbocycles. The third kappa shape index (κ3) is 3.91. The molecule has 0 unspecified atom stereocenters. The highest BCUT2D eigenvalue weighted by atomic mass is 16.6. The monoisotopic (exact) mass is 305 g/mol. The van der Waals surface area contributed by atoms with Gasteiger partial charge in [-0.15, -0.1) is 0 Å². The van der Waals surface area contributed by atoms with Crippen LogP contribution >= 0.6 is 0 Å². The van der Waals surface area contributed by atoms with Crippen molar-refractivity contribution in [1.82, 2.24) is 5.32 Å². The van der Waals surface area contributed by atoms with Crippen LogP contribution in [0.1, 0.15) is 42.5 Å². The van der Waals surface area contributed by atoms with Gasteiger partial charge in [0.15, 0.2) is 11.5 Å². The molecule has 0 bridgehead atoms. The molecule has 1 amide bonds. The molecule has 120 valence electrons. The predicted molar refractivity (Wildman–Crippen MR) is 82.6 cm³/mol. The second-order valence-electron chi connectivity index (χ2n) is 5.75. The lowest BCUT2D eigenvalue weighted by atomic mass is 10.2. The third-order valence-corrected chi connectivity index (χ3v) is 4.07. The van der Waals surface area contributed by atoms with Gasteiger partial charge >= 0.3 is 0 Å². The normalized spacial score (nSPS) is 17.5. The zero-order valence-electron chi connectivity index (χ0n) is 12.8. The largest absolute Gasteiger partial charge is 0.486 e. The quantitative estimate of drug-likeness (QED) is 0.821. The van der Waals surface area contributed by atoms with Gasteiger partial charge < -0.3 is 19.5 Å². The molecule has 0 radical (unpaired) electrons. The fraction of sp³-hybridized carbons (Fsp3) is 0.588. The molecule has 0 aromatic heterocycles. The molecule has 5 nitrogen and oxygen atoms in total. The van der Waals surface area contributed by atoms with Crippen LogP contribution in [0.15, 0.2) is 18.2 Å². The number of ether oxygens (including phenoxy) is 3. The summed E-state index contributed by atoms with van der Waals surface area (Å²) in [6, 6.07) is 5.28. The second-order valence-corrected chi connectivity index (χ2v) is 5.75. The van der Waals surface area contributed by atoms with E-state index in [9.17, 15) is 4.79 Å². The fourth-order valence-electron chi connectivity index (χ4n) is 2.87. The van der Waals surface area contributed by atoms with Crippen molar-refractivity contribution in [2.45, 2.75) is 38.2 Å². The molecule has 1 aromatic carbocycles. The molecule has 1 fully saturated rings. The standard InChI is InChI=1S/C17H23NO4/c19-17(18-8-3-9-20-14-4-1-2-5-14)13-6-7-15-16(12-13)22-11-10-21-15/h6-7,12,14H,1-5,8-11H2,(H,18,19). The third-order valence-electron chi connectivity index (χ3n) is 4.07. The maximum absolute atomic E-state index is 12.1. The maximum Gasteiger partial charge on any atom is 0.251 e. The highest BCUT2D eigenvalue weighted by Crippen LogP contribution is 2.30. The van der Waals surface area contributed by atoms with Gasteiger partial charge in [-0.25, -0.2) is 0 Å². The molecule has 0 atom stereocenters. The Hall–Kier alpha value is -1.75. The van der Waals surface area contributed by atoms with Gasteiger partial charge in [0.1, 0.15) is 13.2 Å². The first kappa shape index (κ1) is 15.2. The van der Waals surface area contributed by atoms with Crippen molar-refractivity contribution in [1.29, 1.82) is 0 Å². The first-order chi connectivity index (χ1) is 10.8. The van der Waals surface area contributed by atoms with Crippen LogP contribution in [0.2, 0.25) is 0 Å². The lowest BCUT2D eigenvalue weighted by molar-refractivity contribution is 0.0565. The zero-order chi connectivity index (χ0) is 15.2. The fourth-order valence-corrected chi connectivity index (χ4v) is 2.87. The lowest BCUT2D eigenvalue weighted by Crippen LogP contribution is -2.26. The van der Waals surface area contributed by atoms with Gasteiger partial charge in [0.05, 0.1) is 6.10 Å². The first-order valence-electron chi connectivity index (χ1n) is 8.12. The molecule has 22 heavy (non-hydrogen) atoms. The minimum Gasteiger partial charge on any atom is -0.486 e. The van der Waals surface area contributed by atoms with Crippen molar-refractivity contribution in [3.8, 4) is 11.5 Å². The Bertz CT molecular complexity index is 511. The molecule has 1 heterocycles. The summed E-state index contributed by atoms with van der Waals surface area (Å²) in [5, 5.41) is 2.92. The van der Waals surface area contributed by atoms with Crippen molar-refractivity contribution in [3.63, 3.8) is 0 Å². The van der Waals surface area contributed by atoms with Crippen LogP contribution < -0.4 is 14.8 Å². The summed E-state index contributed by atoms with van der Waals surface area (Å²) in [6.07, 6.45) is 6.21. The molecule has 1 N–H and O–H groups in total. The number of hydrogen-bond donors (Lipinski definition) is 1. The number of carbonyl (C=O) groups excluding carboxylic acids is 1. The Kier molecular flexibility index (Phi) is 5.16. The van der Waals surface area contributed by atoms with E-state index in [0.717, 1.165) is 6.42 Å². The van der Waals surface area contributed by atoms with Gasteiger partial charge in [-0.1, -0.05) is 12.8 Å². The van der Waals surface area contributed by atoms with E-state index in [-0.39, 0.29) is 5.91 Å². The van der Waals surface area contributed by atoms with Gasteiger partial charge in [-0.05, 0) is 37.5 Å². The summed E-state index contributed by atoms with van der Waals surface area (Å²) in [4.78, 5) is 12.1. The summed E-state index contributed by atoms with van der Waals surface area (Å²) in [6.45, 7) is 2.42. The van der Waals surface area contributed by atoms with Crippen LogP contribution in [0.25, 0.3) is 0 Å². The minimum atomic E-state index is -0.0853. The van der Waals surface area contributed by atoms with Crippen LogP contribution in [0.3, 0.4) is 0 Å². The number of benzene rings is 1. The van der Waals surface area contributed by atoms with Gasteiger partial charge in [0.2, 0.25) is 0 Å². The summed E-state index contributed by atoms with van der Waals surface area (Å²) in [7, 11) is 0. The zero-order valence-corrected chi connectivity index (χ0v) is 12.8. The Balaban J connectivity index is 1.40. The van der Waals surface area contributed by atoms with E-state index in [1.807, 2.05) is 0 Å². The molecule has 0 saturated heterocycles. The van der Waals surface area contributed by atoms with E-state index >= 15 is 0 Å². The molecular weight excluding hydrogens is 282 g/mol. The van der Waals surface area contributed by atoms with E-state index in [0.29, 0.717) is 49.5 Å². The molecule has 0 spiro atoms. The molecule has 1 aliphatic heterocycles. The van der Waals surface area contributed by atoms with Crippen LogP contribution in [0, 0.1) is 0 Å². The van der Waals surface area contributed by atoms with Crippen molar-refractivity contribution < 1.29 is 19.0 Å². The molecule has 5 heteroatoms. The van der Waals surface area contributed by atoms with E-state index in [4.69, 9.17) is 14.2 Å². The van der Waals surface area contributed by atoms with Crippen molar-refractivity contribution in [2.24, 2.45) is 0 Å². The average Bonchev–Trinajstić information content (AvgIpc) is 3.07. The average molecular weight is 305 g/mol. The minimum absolute atomic E-state index is 0.0853. The van der Waals surface area contributed by atoms with E-state index in [2.05, 4.69) is 5.32 Å². The Morgan fingerprint density at radius 1 is 1.18 bits per heavy atom. The van der Waals surface area contributed by atoms with Gasteiger partial charge in [0, 0.05) is 18.7 Å². The van der Waals surface area contributed by atoms with E-state index in [1.54, 1.807) is 18.2 Å². The molecular formula is C17H23NO4. The second kappa shape index (κ2) is 7.49. The number of hydrogen-bond acceptors (Lipinski definition) is 4. The Labute approximate surface area is 130 Å². The predicted octanol–water partition coefficient (Wildman–Crippen LogP) is 2.54. The topological polar surface area (TPSA) is 56.8 Å². The summed E-state index contributed by atoms with van der Waals surface area (Å²) >= 11 is 0.